The first-order chi connectivity index (χ1) is 13.3. The second-order valence-corrected chi connectivity index (χ2v) is 9.36. The van der Waals surface area contributed by atoms with Gasteiger partial charge in [-0.05, 0) is 52.9 Å². The van der Waals surface area contributed by atoms with E-state index in [0.29, 0.717) is 6.04 Å². The lowest BCUT2D eigenvalue weighted by Gasteiger charge is -2.31. The monoisotopic (exact) mass is 409 g/mol. The van der Waals surface area contributed by atoms with Gasteiger partial charge in [0.05, 0.1) is 5.01 Å². The quantitative estimate of drug-likeness (QED) is 0.496. The molecular weight excluding hydrogens is 374 g/mol. The van der Waals surface area contributed by atoms with E-state index in [1.54, 1.807) is 18.4 Å². The summed E-state index contributed by atoms with van der Waals surface area (Å²) in [6.45, 7) is 8.60. The van der Waals surface area contributed by atoms with Crippen LogP contribution in [0.5, 0.6) is 0 Å². The highest BCUT2D eigenvalue weighted by molar-refractivity contribution is 7.11. The van der Waals surface area contributed by atoms with Gasteiger partial charge in [0.1, 0.15) is 5.60 Å². The lowest BCUT2D eigenvalue weighted by Crippen LogP contribution is -2.48. The Morgan fingerprint density at radius 1 is 1.25 bits per heavy atom. The van der Waals surface area contributed by atoms with Crippen molar-refractivity contribution in [2.24, 2.45) is 4.99 Å². The van der Waals surface area contributed by atoms with Gasteiger partial charge in [0.2, 0.25) is 0 Å². The van der Waals surface area contributed by atoms with Gasteiger partial charge < -0.3 is 20.7 Å². The Morgan fingerprint density at radius 3 is 2.43 bits per heavy atom. The van der Waals surface area contributed by atoms with Crippen molar-refractivity contribution in [1.29, 1.82) is 0 Å². The van der Waals surface area contributed by atoms with Crippen LogP contribution in [-0.4, -0.2) is 48.3 Å². The van der Waals surface area contributed by atoms with E-state index in [4.69, 9.17) is 4.74 Å². The van der Waals surface area contributed by atoms with E-state index in [9.17, 15) is 4.79 Å². The number of rotatable bonds is 6. The molecule has 0 spiro atoms. The molecule has 7 nitrogen and oxygen atoms in total. The van der Waals surface area contributed by atoms with Gasteiger partial charge in [0.25, 0.3) is 0 Å². The van der Waals surface area contributed by atoms with Crippen LogP contribution in [0.15, 0.2) is 11.2 Å². The van der Waals surface area contributed by atoms with Crippen LogP contribution in [0, 0.1) is 0 Å². The van der Waals surface area contributed by atoms with Crippen molar-refractivity contribution in [3.8, 4) is 0 Å². The van der Waals surface area contributed by atoms with Gasteiger partial charge in [0.15, 0.2) is 5.96 Å². The molecule has 0 bridgehead atoms. The number of guanidine groups is 1. The van der Waals surface area contributed by atoms with Crippen LogP contribution >= 0.6 is 11.3 Å². The molecule has 1 amide bonds. The minimum atomic E-state index is -0.461. The van der Waals surface area contributed by atoms with Crippen LogP contribution < -0.4 is 16.0 Å². The fourth-order valence-corrected chi connectivity index (χ4v) is 4.02. The highest BCUT2D eigenvalue weighted by Gasteiger charge is 2.25. The van der Waals surface area contributed by atoms with Crippen LogP contribution in [0.2, 0.25) is 0 Å². The van der Waals surface area contributed by atoms with Crippen LogP contribution in [0.3, 0.4) is 0 Å². The zero-order chi connectivity index (χ0) is 20.6. The summed E-state index contributed by atoms with van der Waals surface area (Å²) in [5.41, 5.74) is -0.461. The molecule has 8 heteroatoms. The predicted molar refractivity (Wildman–Crippen MR) is 115 cm³/mol. The Labute approximate surface area is 172 Å². The van der Waals surface area contributed by atoms with E-state index in [1.165, 1.54) is 4.88 Å². The summed E-state index contributed by atoms with van der Waals surface area (Å²) in [5.74, 6) is 0.829. The summed E-state index contributed by atoms with van der Waals surface area (Å²) in [4.78, 5) is 22.0. The SMILES string of the molecule is CCc1cnc(CCNC(=NC)NC2CCC(NC(=O)OC(C)(C)C)CC2)s1. The van der Waals surface area contributed by atoms with E-state index in [0.717, 1.165) is 56.0 Å². The summed E-state index contributed by atoms with van der Waals surface area (Å²) < 4.78 is 5.34. The van der Waals surface area contributed by atoms with Gasteiger partial charge in [-0.15, -0.1) is 11.3 Å². The minimum Gasteiger partial charge on any atom is -0.444 e. The number of ether oxygens (including phenoxy) is 1. The standard InChI is InChI=1S/C20H35N5O2S/c1-6-16-13-23-17(28-16)11-12-22-18(21-5)24-14-7-9-15(10-8-14)25-19(26)27-20(2,3)4/h13-15H,6-12H2,1-5H3,(H,25,26)(H2,21,22,24). The molecule has 1 aliphatic carbocycles. The third-order valence-corrected chi connectivity index (χ3v) is 5.80. The van der Waals surface area contributed by atoms with Gasteiger partial charge in [-0.1, -0.05) is 6.92 Å². The van der Waals surface area contributed by atoms with Crippen LogP contribution in [-0.2, 0) is 17.6 Å². The van der Waals surface area contributed by atoms with Crippen LogP contribution in [0.1, 0.15) is 63.3 Å². The molecule has 0 unspecified atom stereocenters. The van der Waals surface area contributed by atoms with Crippen molar-refractivity contribution in [2.45, 2.75) is 83.9 Å². The fraction of sp³-hybridized carbons (Fsp3) is 0.750. The van der Waals surface area contributed by atoms with Gasteiger partial charge in [0, 0.05) is 43.2 Å². The number of amides is 1. The minimum absolute atomic E-state index is 0.181. The molecular formula is C20H35N5O2S. The molecule has 158 valence electrons. The first kappa shape index (κ1) is 22.5. The first-order valence-corrected chi connectivity index (χ1v) is 11.0. The summed E-state index contributed by atoms with van der Waals surface area (Å²) >= 11 is 1.78. The molecule has 0 aliphatic heterocycles. The van der Waals surface area contributed by atoms with E-state index >= 15 is 0 Å². The lowest BCUT2D eigenvalue weighted by atomic mass is 9.91. The molecule has 0 aromatic carbocycles. The number of hydrogen-bond donors (Lipinski definition) is 3. The molecule has 3 N–H and O–H groups in total. The number of aryl methyl sites for hydroxylation is 1. The number of nitrogens with one attached hydrogen (secondary N) is 3. The zero-order valence-electron chi connectivity index (χ0n) is 17.8. The van der Waals surface area contributed by atoms with Crippen LogP contribution in [0.25, 0.3) is 0 Å². The van der Waals surface area contributed by atoms with Crippen molar-refractivity contribution in [3.63, 3.8) is 0 Å². The molecule has 0 saturated heterocycles. The third kappa shape index (κ3) is 8.04. The Kier molecular flexibility index (Phi) is 8.54. The number of nitrogens with zero attached hydrogens (tertiary/aromatic N) is 2. The molecule has 28 heavy (non-hydrogen) atoms. The molecule has 0 radical (unpaired) electrons. The average Bonchev–Trinajstić information content (AvgIpc) is 3.08. The van der Waals surface area contributed by atoms with Crippen molar-refractivity contribution in [1.82, 2.24) is 20.9 Å². The van der Waals surface area contributed by atoms with Crippen molar-refractivity contribution in [3.05, 3.63) is 16.1 Å². The summed E-state index contributed by atoms with van der Waals surface area (Å²) in [6, 6.07) is 0.551. The van der Waals surface area contributed by atoms with Gasteiger partial charge in [-0.25, -0.2) is 9.78 Å². The largest absolute Gasteiger partial charge is 0.444 e. The van der Waals surface area contributed by atoms with Gasteiger partial charge in [-0.3, -0.25) is 4.99 Å². The van der Waals surface area contributed by atoms with Crippen molar-refractivity contribution >= 4 is 23.4 Å². The second-order valence-electron chi connectivity index (χ2n) is 8.16. The molecule has 1 heterocycles. The van der Waals surface area contributed by atoms with Crippen molar-refractivity contribution in [2.75, 3.05) is 13.6 Å². The number of carbonyl (C=O) groups excluding carboxylic acids is 1. The fourth-order valence-electron chi connectivity index (χ4n) is 3.16. The normalized spacial score (nSPS) is 20.5. The molecule has 1 saturated carbocycles. The number of thiazole rings is 1. The second kappa shape index (κ2) is 10.6. The van der Waals surface area contributed by atoms with E-state index in [-0.39, 0.29) is 12.1 Å². The molecule has 2 rings (SSSR count). The highest BCUT2D eigenvalue weighted by Crippen LogP contribution is 2.19. The summed E-state index contributed by atoms with van der Waals surface area (Å²) in [7, 11) is 1.80. The van der Waals surface area contributed by atoms with Crippen LogP contribution in [0.4, 0.5) is 4.79 Å². The Balaban J connectivity index is 1.66. The number of alkyl carbamates (subject to hydrolysis) is 1. The lowest BCUT2D eigenvalue weighted by molar-refractivity contribution is 0.0490. The molecule has 1 aromatic heterocycles. The number of carbonyl (C=O) groups is 1. The van der Waals surface area contributed by atoms with Gasteiger partial charge >= 0.3 is 6.09 Å². The van der Waals surface area contributed by atoms with E-state index < -0.39 is 5.60 Å². The van der Waals surface area contributed by atoms with E-state index in [1.807, 2.05) is 27.0 Å². The van der Waals surface area contributed by atoms with Gasteiger partial charge in [-0.2, -0.15) is 0 Å². The Bertz CT molecular complexity index is 645. The third-order valence-electron chi connectivity index (χ3n) is 4.59. The molecule has 1 aliphatic rings. The van der Waals surface area contributed by atoms with Crippen molar-refractivity contribution < 1.29 is 9.53 Å². The highest BCUT2D eigenvalue weighted by atomic mass is 32.1. The maximum atomic E-state index is 11.9. The predicted octanol–water partition coefficient (Wildman–Crippen LogP) is 3.25. The topological polar surface area (TPSA) is 87.6 Å². The smallest absolute Gasteiger partial charge is 0.407 e. The molecule has 1 aromatic rings. The number of hydrogen-bond acceptors (Lipinski definition) is 5. The first-order valence-electron chi connectivity index (χ1n) is 10.2. The maximum absolute atomic E-state index is 11.9. The number of aliphatic imine (C=N–C) groups is 1. The van der Waals surface area contributed by atoms with E-state index in [2.05, 4.69) is 32.9 Å². The zero-order valence-corrected chi connectivity index (χ0v) is 18.6. The summed E-state index contributed by atoms with van der Waals surface area (Å²) in [5, 5.41) is 11.0. The molecule has 0 atom stereocenters. The Morgan fingerprint density at radius 2 is 1.89 bits per heavy atom. The number of aromatic nitrogens is 1. The maximum Gasteiger partial charge on any atom is 0.407 e. The average molecular weight is 410 g/mol. The molecule has 1 fully saturated rings. The Hall–Kier alpha value is -1.83. The summed E-state index contributed by atoms with van der Waals surface area (Å²) in [6.07, 6.45) is 7.45.